The molecule has 1 heterocycles. The topological polar surface area (TPSA) is 102 Å². The Balaban J connectivity index is 1.97. The number of methoxy groups -OCH3 is 1. The van der Waals surface area contributed by atoms with Crippen LogP contribution >= 0.6 is 11.6 Å². The quantitative estimate of drug-likeness (QED) is 0.603. The van der Waals surface area contributed by atoms with Crippen molar-refractivity contribution in [3.63, 3.8) is 0 Å². The third-order valence-electron chi connectivity index (χ3n) is 4.18. The fraction of sp³-hybridized carbons (Fsp3) is 0.143. The van der Waals surface area contributed by atoms with E-state index in [9.17, 15) is 14.4 Å². The number of esters is 1. The highest BCUT2D eigenvalue weighted by atomic mass is 35.5. The summed E-state index contributed by atoms with van der Waals surface area (Å²) in [7, 11) is 1.27. The summed E-state index contributed by atoms with van der Waals surface area (Å²) < 4.78 is 6.20. The zero-order chi connectivity index (χ0) is 21.8. The van der Waals surface area contributed by atoms with E-state index < -0.39 is 5.97 Å². The molecule has 2 N–H and O–H groups in total. The van der Waals surface area contributed by atoms with Crippen LogP contribution in [0.15, 0.2) is 48.5 Å². The second kappa shape index (κ2) is 8.79. The molecule has 1 aromatic heterocycles. The zero-order valence-corrected chi connectivity index (χ0v) is 17.3. The van der Waals surface area contributed by atoms with Crippen LogP contribution in [-0.4, -0.2) is 34.7 Å². The number of nitrogens with zero attached hydrogens (tertiary/aromatic N) is 2. The van der Waals surface area contributed by atoms with Gasteiger partial charge in [-0.25, -0.2) is 9.48 Å². The van der Waals surface area contributed by atoms with Crippen molar-refractivity contribution in [2.75, 3.05) is 17.7 Å². The second-order valence-corrected chi connectivity index (χ2v) is 6.88. The van der Waals surface area contributed by atoms with E-state index in [1.165, 1.54) is 18.7 Å². The Bertz CT molecular complexity index is 1120. The molecule has 0 aliphatic carbocycles. The smallest absolute Gasteiger partial charge is 0.358 e. The molecule has 3 rings (SSSR count). The number of rotatable bonds is 5. The number of anilines is 2. The van der Waals surface area contributed by atoms with Gasteiger partial charge in [-0.1, -0.05) is 11.6 Å². The maximum Gasteiger partial charge on any atom is 0.358 e. The predicted octanol–water partition coefficient (Wildman–Crippen LogP) is 3.83. The number of halogens is 1. The molecule has 0 aliphatic heterocycles. The molecule has 0 atom stereocenters. The van der Waals surface area contributed by atoms with Crippen molar-refractivity contribution in [3.8, 4) is 5.69 Å². The van der Waals surface area contributed by atoms with Gasteiger partial charge in [0.15, 0.2) is 5.69 Å². The van der Waals surface area contributed by atoms with Gasteiger partial charge in [0.1, 0.15) is 0 Å². The first kappa shape index (κ1) is 21.1. The van der Waals surface area contributed by atoms with E-state index >= 15 is 0 Å². The van der Waals surface area contributed by atoms with Gasteiger partial charge < -0.3 is 15.4 Å². The Morgan fingerprint density at radius 3 is 2.37 bits per heavy atom. The minimum atomic E-state index is -0.572. The molecule has 154 valence electrons. The lowest BCUT2D eigenvalue weighted by Crippen LogP contribution is -2.15. The summed E-state index contributed by atoms with van der Waals surface area (Å²) in [6.45, 7) is 3.12. The van der Waals surface area contributed by atoms with Crippen molar-refractivity contribution in [1.29, 1.82) is 0 Å². The third kappa shape index (κ3) is 4.66. The number of nitrogens with one attached hydrogen (secondary N) is 2. The minimum Gasteiger partial charge on any atom is -0.464 e. The molecule has 3 aromatic rings. The monoisotopic (exact) mass is 426 g/mol. The summed E-state index contributed by atoms with van der Waals surface area (Å²) in [5, 5.41) is 10.3. The molecular formula is C21H19ClN4O4. The van der Waals surface area contributed by atoms with E-state index in [0.717, 1.165) is 0 Å². The van der Waals surface area contributed by atoms with Gasteiger partial charge in [0, 0.05) is 28.9 Å². The summed E-state index contributed by atoms with van der Waals surface area (Å²) in [6, 6.07) is 13.1. The van der Waals surface area contributed by atoms with Crippen LogP contribution in [0.3, 0.4) is 0 Å². The van der Waals surface area contributed by atoms with Crippen LogP contribution in [0.2, 0.25) is 5.02 Å². The lowest BCUT2D eigenvalue weighted by atomic mass is 10.1. The molecule has 0 saturated carbocycles. The van der Waals surface area contributed by atoms with Gasteiger partial charge >= 0.3 is 5.97 Å². The van der Waals surface area contributed by atoms with Crippen LogP contribution in [0.4, 0.5) is 11.4 Å². The van der Waals surface area contributed by atoms with Crippen LogP contribution in [0.1, 0.15) is 33.5 Å². The molecule has 0 spiro atoms. The Morgan fingerprint density at radius 1 is 1.03 bits per heavy atom. The number of hydrogen-bond acceptors (Lipinski definition) is 5. The zero-order valence-electron chi connectivity index (χ0n) is 16.5. The Labute approximate surface area is 177 Å². The largest absolute Gasteiger partial charge is 0.464 e. The average molecular weight is 427 g/mol. The van der Waals surface area contributed by atoms with E-state index in [1.807, 2.05) is 0 Å². The molecule has 8 nitrogen and oxygen atoms in total. The first-order valence-corrected chi connectivity index (χ1v) is 9.30. The van der Waals surface area contributed by atoms with Gasteiger partial charge in [0.25, 0.3) is 5.91 Å². The van der Waals surface area contributed by atoms with Crippen LogP contribution in [0.25, 0.3) is 5.69 Å². The van der Waals surface area contributed by atoms with Crippen molar-refractivity contribution in [2.45, 2.75) is 13.8 Å². The Hall–Kier alpha value is -3.65. The highest BCUT2D eigenvalue weighted by molar-refractivity contribution is 6.30. The van der Waals surface area contributed by atoms with E-state index in [4.69, 9.17) is 16.3 Å². The van der Waals surface area contributed by atoms with Crippen molar-refractivity contribution in [2.24, 2.45) is 0 Å². The Morgan fingerprint density at radius 2 is 1.73 bits per heavy atom. The van der Waals surface area contributed by atoms with E-state index in [1.54, 1.807) is 55.5 Å². The van der Waals surface area contributed by atoms with Crippen LogP contribution in [-0.2, 0) is 9.53 Å². The molecule has 0 unspecified atom stereocenters. The van der Waals surface area contributed by atoms with Crippen molar-refractivity contribution in [1.82, 2.24) is 9.78 Å². The normalized spacial score (nSPS) is 10.4. The molecule has 0 bridgehead atoms. The number of benzene rings is 2. The number of carbonyl (C=O) groups excluding carboxylic acids is 3. The summed E-state index contributed by atoms with van der Waals surface area (Å²) in [6.07, 6.45) is 0. The van der Waals surface area contributed by atoms with E-state index in [2.05, 4.69) is 15.7 Å². The van der Waals surface area contributed by atoms with Gasteiger partial charge in [-0.2, -0.15) is 5.10 Å². The van der Waals surface area contributed by atoms with Gasteiger partial charge in [0.05, 0.1) is 18.5 Å². The first-order valence-electron chi connectivity index (χ1n) is 8.92. The van der Waals surface area contributed by atoms with Crippen LogP contribution < -0.4 is 10.6 Å². The molecule has 30 heavy (non-hydrogen) atoms. The predicted molar refractivity (Wildman–Crippen MR) is 113 cm³/mol. The number of hydrogen-bond donors (Lipinski definition) is 2. The van der Waals surface area contributed by atoms with Gasteiger partial charge in [-0.05, 0) is 55.5 Å². The highest BCUT2D eigenvalue weighted by Crippen LogP contribution is 2.25. The van der Waals surface area contributed by atoms with Crippen molar-refractivity contribution >= 4 is 40.8 Å². The molecule has 9 heteroatoms. The highest BCUT2D eigenvalue weighted by Gasteiger charge is 2.18. The van der Waals surface area contributed by atoms with Crippen molar-refractivity contribution < 1.29 is 19.1 Å². The van der Waals surface area contributed by atoms with E-state index in [0.29, 0.717) is 33.3 Å². The number of carbonyl (C=O) groups is 3. The van der Waals surface area contributed by atoms with Crippen molar-refractivity contribution in [3.05, 3.63) is 70.5 Å². The number of aryl methyl sites for hydroxylation is 1. The number of ether oxygens (including phenoxy) is 1. The molecule has 0 fully saturated rings. The maximum absolute atomic E-state index is 12.6. The van der Waals surface area contributed by atoms with Gasteiger partial charge in [0.2, 0.25) is 5.91 Å². The van der Waals surface area contributed by atoms with Crippen LogP contribution in [0, 0.1) is 6.92 Å². The number of aromatic nitrogens is 2. The fourth-order valence-corrected chi connectivity index (χ4v) is 2.94. The fourth-order valence-electron chi connectivity index (χ4n) is 2.81. The van der Waals surface area contributed by atoms with Crippen LogP contribution in [0.5, 0.6) is 0 Å². The molecule has 2 aromatic carbocycles. The molecule has 0 saturated heterocycles. The average Bonchev–Trinajstić information content (AvgIpc) is 3.10. The SMILES string of the molecule is COC(=O)c1cc(C)n(-c2ccc(C(=O)Nc3ccc(Cl)cc3)cc2NC(C)=O)n1. The molecular weight excluding hydrogens is 408 g/mol. The first-order chi connectivity index (χ1) is 14.3. The summed E-state index contributed by atoms with van der Waals surface area (Å²) in [4.78, 5) is 36.1. The molecule has 0 aliphatic rings. The van der Waals surface area contributed by atoms with Gasteiger partial charge in [-0.15, -0.1) is 0 Å². The maximum atomic E-state index is 12.6. The third-order valence-corrected chi connectivity index (χ3v) is 4.43. The second-order valence-electron chi connectivity index (χ2n) is 6.45. The lowest BCUT2D eigenvalue weighted by molar-refractivity contribution is -0.114. The minimum absolute atomic E-state index is 0.133. The molecule has 0 radical (unpaired) electrons. The standard InChI is InChI=1S/C21H19ClN4O4/c1-12-10-18(21(29)30-3)25-26(12)19-9-4-14(11-17(19)23-13(2)27)20(28)24-16-7-5-15(22)6-8-16/h4-11H,1-3H3,(H,23,27)(H,24,28). The lowest BCUT2D eigenvalue weighted by Gasteiger charge is -2.14. The Kier molecular flexibility index (Phi) is 6.17. The van der Waals surface area contributed by atoms with E-state index in [-0.39, 0.29) is 17.5 Å². The summed E-state index contributed by atoms with van der Waals surface area (Å²) >= 11 is 5.86. The van der Waals surface area contributed by atoms with Gasteiger partial charge in [-0.3, -0.25) is 9.59 Å². The summed E-state index contributed by atoms with van der Waals surface area (Å²) in [5.74, 6) is -1.25. The molecule has 2 amide bonds. The summed E-state index contributed by atoms with van der Waals surface area (Å²) in [5.41, 5.74) is 2.57. The number of amides is 2.